The molecule has 1 aliphatic rings. The molecule has 1 amide bonds. The molecule has 3 heterocycles. The number of aromatic nitrogens is 3. The van der Waals surface area contributed by atoms with Crippen LogP contribution in [-0.2, 0) is 16.1 Å². The molecule has 26 heavy (non-hydrogen) atoms. The largest absolute Gasteiger partial charge is 0.378 e. The summed E-state index contributed by atoms with van der Waals surface area (Å²) in [5, 5.41) is 6.49. The number of hydrogen-bond acceptors (Lipinski definition) is 4. The third-order valence-electron chi connectivity index (χ3n) is 4.53. The van der Waals surface area contributed by atoms with Crippen LogP contribution >= 0.6 is 11.6 Å². The average Bonchev–Trinajstić information content (AvgIpc) is 3.20. The highest BCUT2D eigenvalue weighted by Gasteiger charge is 2.26. The number of carbonyl (C=O) groups excluding carboxylic acids is 1. The molecule has 134 valence electrons. The van der Waals surface area contributed by atoms with Gasteiger partial charge in [0.05, 0.1) is 18.0 Å². The second-order valence-electron chi connectivity index (χ2n) is 6.29. The highest BCUT2D eigenvalue weighted by atomic mass is 35.5. The molecule has 7 nitrogen and oxygen atoms in total. The van der Waals surface area contributed by atoms with Crippen molar-refractivity contribution in [2.75, 3.05) is 13.7 Å². The van der Waals surface area contributed by atoms with Crippen LogP contribution in [0.2, 0.25) is 5.02 Å². The summed E-state index contributed by atoms with van der Waals surface area (Å²) >= 11 is 6.00. The molecule has 0 bridgehead atoms. The maximum Gasteiger partial charge on any atom is 0.272 e. The van der Waals surface area contributed by atoms with Gasteiger partial charge in [0.15, 0.2) is 5.65 Å². The minimum Gasteiger partial charge on any atom is -0.378 e. The van der Waals surface area contributed by atoms with Crippen molar-refractivity contribution in [3.05, 3.63) is 57.1 Å². The van der Waals surface area contributed by atoms with Gasteiger partial charge in [0.25, 0.3) is 5.56 Å². The van der Waals surface area contributed by atoms with Gasteiger partial charge in [0.2, 0.25) is 5.91 Å². The van der Waals surface area contributed by atoms with Gasteiger partial charge >= 0.3 is 0 Å². The maximum absolute atomic E-state index is 12.6. The van der Waals surface area contributed by atoms with Crippen molar-refractivity contribution in [2.45, 2.75) is 18.9 Å². The van der Waals surface area contributed by atoms with Gasteiger partial charge in [0, 0.05) is 42.6 Å². The van der Waals surface area contributed by atoms with E-state index in [1.165, 1.54) is 10.6 Å². The first-order chi connectivity index (χ1) is 12.6. The molecule has 1 fully saturated rings. The van der Waals surface area contributed by atoms with Gasteiger partial charge in [-0.25, -0.2) is 9.50 Å². The van der Waals surface area contributed by atoms with Crippen molar-refractivity contribution in [3.8, 4) is 11.1 Å². The van der Waals surface area contributed by atoms with E-state index in [-0.39, 0.29) is 17.4 Å². The number of rotatable bonds is 4. The van der Waals surface area contributed by atoms with Crippen LogP contribution in [0.4, 0.5) is 0 Å². The SMILES string of the molecule is COCc1[nH]n2c(=O)cc([C@H]3CNC(=O)C3)nc2c1-c1ccc(Cl)cc1. The highest BCUT2D eigenvalue weighted by Crippen LogP contribution is 2.30. The molecule has 8 heteroatoms. The molecule has 0 radical (unpaired) electrons. The summed E-state index contributed by atoms with van der Waals surface area (Å²) in [5.41, 5.74) is 3.33. The van der Waals surface area contributed by atoms with E-state index in [1.807, 2.05) is 12.1 Å². The molecule has 0 spiro atoms. The number of H-pyrrole nitrogens is 1. The molecule has 1 atom stereocenters. The van der Waals surface area contributed by atoms with Crippen LogP contribution in [0.5, 0.6) is 0 Å². The van der Waals surface area contributed by atoms with Gasteiger partial charge in [-0.1, -0.05) is 23.7 Å². The fourth-order valence-electron chi connectivity index (χ4n) is 3.29. The summed E-state index contributed by atoms with van der Waals surface area (Å²) in [4.78, 5) is 28.9. The van der Waals surface area contributed by atoms with Crippen LogP contribution < -0.4 is 10.9 Å². The zero-order chi connectivity index (χ0) is 18.3. The van der Waals surface area contributed by atoms with Crippen molar-refractivity contribution >= 4 is 23.2 Å². The predicted octanol–water partition coefficient (Wildman–Crippen LogP) is 2.09. The normalized spacial score (nSPS) is 17.0. The van der Waals surface area contributed by atoms with E-state index in [1.54, 1.807) is 19.2 Å². The third-order valence-corrected chi connectivity index (χ3v) is 4.78. The van der Waals surface area contributed by atoms with Crippen LogP contribution in [0.15, 0.2) is 35.1 Å². The van der Waals surface area contributed by atoms with E-state index in [0.29, 0.717) is 35.9 Å². The summed E-state index contributed by atoms with van der Waals surface area (Å²) in [7, 11) is 1.59. The van der Waals surface area contributed by atoms with Gasteiger partial charge in [0.1, 0.15) is 0 Å². The van der Waals surface area contributed by atoms with Crippen LogP contribution in [-0.4, -0.2) is 34.2 Å². The van der Waals surface area contributed by atoms with E-state index in [4.69, 9.17) is 21.3 Å². The third kappa shape index (κ3) is 2.89. The number of nitrogens with one attached hydrogen (secondary N) is 2. The van der Waals surface area contributed by atoms with Crippen molar-refractivity contribution < 1.29 is 9.53 Å². The Bertz CT molecular complexity index is 1040. The highest BCUT2D eigenvalue weighted by molar-refractivity contribution is 6.30. The monoisotopic (exact) mass is 372 g/mol. The van der Waals surface area contributed by atoms with Gasteiger partial charge in [-0.05, 0) is 17.7 Å². The van der Waals surface area contributed by atoms with Crippen molar-refractivity contribution in [3.63, 3.8) is 0 Å². The summed E-state index contributed by atoms with van der Waals surface area (Å²) in [6, 6.07) is 8.82. The molecule has 4 rings (SSSR count). The van der Waals surface area contributed by atoms with E-state index in [9.17, 15) is 9.59 Å². The van der Waals surface area contributed by atoms with Crippen molar-refractivity contribution in [2.24, 2.45) is 0 Å². The first-order valence-electron chi connectivity index (χ1n) is 8.23. The first-order valence-corrected chi connectivity index (χ1v) is 8.60. The van der Waals surface area contributed by atoms with E-state index < -0.39 is 0 Å². The quantitative estimate of drug-likeness (QED) is 0.734. The Morgan fingerprint density at radius 1 is 1.31 bits per heavy atom. The van der Waals surface area contributed by atoms with Gasteiger partial charge < -0.3 is 10.1 Å². The Morgan fingerprint density at radius 3 is 2.73 bits per heavy atom. The Kier molecular flexibility index (Phi) is 4.26. The van der Waals surface area contributed by atoms with Gasteiger partial charge in [-0.15, -0.1) is 0 Å². The van der Waals surface area contributed by atoms with Crippen LogP contribution in [0.1, 0.15) is 23.7 Å². The lowest BCUT2D eigenvalue weighted by atomic mass is 10.0. The molecular formula is C18H17ClN4O3. The predicted molar refractivity (Wildman–Crippen MR) is 97.3 cm³/mol. The number of fused-ring (bicyclic) bond motifs is 1. The number of methoxy groups -OCH3 is 1. The van der Waals surface area contributed by atoms with Crippen LogP contribution in [0.25, 0.3) is 16.8 Å². The molecule has 3 aromatic rings. The van der Waals surface area contributed by atoms with Crippen molar-refractivity contribution in [1.82, 2.24) is 19.9 Å². The first kappa shape index (κ1) is 16.8. The fraction of sp³-hybridized carbons (Fsp3) is 0.278. The molecule has 1 aromatic carbocycles. The zero-order valence-electron chi connectivity index (χ0n) is 14.1. The number of hydrogen-bond donors (Lipinski definition) is 2. The molecule has 1 aliphatic heterocycles. The number of halogens is 1. The number of benzene rings is 1. The average molecular weight is 373 g/mol. The molecule has 1 saturated heterocycles. The Labute approximate surface area is 153 Å². The van der Waals surface area contributed by atoms with Gasteiger partial charge in [-0.3, -0.25) is 14.7 Å². The minimum absolute atomic E-state index is 0.0240. The fourth-order valence-corrected chi connectivity index (χ4v) is 3.42. The number of nitrogens with zero attached hydrogens (tertiary/aromatic N) is 2. The Morgan fingerprint density at radius 2 is 2.08 bits per heavy atom. The summed E-state index contributed by atoms with van der Waals surface area (Å²) in [6.45, 7) is 0.798. The van der Waals surface area contributed by atoms with E-state index in [2.05, 4.69) is 10.4 Å². The summed E-state index contributed by atoms with van der Waals surface area (Å²) < 4.78 is 6.68. The summed E-state index contributed by atoms with van der Waals surface area (Å²) in [6.07, 6.45) is 0.342. The van der Waals surface area contributed by atoms with Crippen LogP contribution in [0, 0.1) is 0 Å². The topological polar surface area (TPSA) is 88.5 Å². The van der Waals surface area contributed by atoms with Gasteiger partial charge in [-0.2, -0.15) is 0 Å². The standard InChI is InChI=1S/C18H17ClN4O3/c1-26-9-14-17(10-2-4-12(19)5-3-10)18-21-13(7-16(25)23(18)22-14)11-6-15(24)20-8-11/h2-5,7,11,22H,6,8-9H2,1H3,(H,20,24)/t11-/m1/s1. The molecule has 0 saturated carbocycles. The number of carbonyl (C=O) groups is 1. The maximum atomic E-state index is 12.6. The lowest BCUT2D eigenvalue weighted by Gasteiger charge is -2.07. The van der Waals surface area contributed by atoms with E-state index in [0.717, 1.165) is 16.8 Å². The lowest BCUT2D eigenvalue weighted by Crippen LogP contribution is -2.18. The molecule has 2 N–H and O–H groups in total. The van der Waals surface area contributed by atoms with Crippen molar-refractivity contribution in [1.29, 1.82) is 0 Å². The molecular weight excluding hydrogens is 356 g/mol. The molecule has 0 unspecified atom stereocenters. The smallest absolute Gasteiger partial charge is 0.272 e. The van der Waals surface area contributed by atoms with E-state index >= 15 is 0 Å². The number of aromatic amines is 1. The Hall–Kier alpha value is -2.64. The summed E-state index contributed by atoms with van der Waals surface area (Å²) in [5.74, 6) is -0.122. The number of amides is 1. The second kappa shape index (κ2) is 6.59. The Balaban J connectivity index is 1.93. The number of ether oxygens (including phenoxy) is 1. The molecule has 0 aliphatic carbocycles. The lowest BCUT2D eigenvalue weighted by molar-refractivity contribution is -0.119. The van der Waals surface area contributed by atoms with Crippen LogP contribution in [0.3, 0.4) is 0 Å². The second-order valence-corrected chi connectivity index (χ2v) is 6.73. The zero-order valence-corrected chi connectivity index (χ0v) is 14.8. The minimum atomic E-state index is -0.220. The molecule has 2 aromatic heterocycles.